The summed E-state index contributed by atoms with van der Waals surface area (Å²) in [6.45, 7) is 0.404. The fraction of sp³-hybridized carbons (Fsp3) is 0.143. The summed E-state index contributed by atoms with van der Waals surface area (Å²) in [5.74, 6) is 0.0396. The van der Waals surface area contributed by atoms with Gasteiger partial charge >= 0.3 is 11.9 Å². The normalized spacial score (nSPS) is 11.1. The maximum Gasteiger partial charge on any atom is 0.416 e. The number of methoxy groups -OCH3 is 1. The van der Waals surface area contributed by atoms with E-state index < -0.39 is 22.4 Å². The largest absolute Gasteiger partial charge is 0.493 e. The van der Waals surface area contributed by atoms with Crippen molar-refractivity contribution in [3.8, 4) is 17.2 Å². The topological polar surface area (TPSA) is 73.6 Å². The van der Waals surface area contributed by atoms with Crippen molar-refractivity contribution < 1.29 is 27.6 Å². The number of para-hydroxylation sites is 1. The van der Waals surface area contributed by atoms with Gasteiger partial charge in [-0.25, -0.2) is 0 Å². The Balaban J connectivity index is 1.84. The van der Waals surface area contributed by atoms with Gasteiger partial charge in [0.1, 0.15) is 0 Å². The van der Waals surface area contributed by atoms with Crippen LogP contribution in [0.25, 0.3) is 0 Å². The Labute approximate surface area is 180 Å². The third-order valence-electron chi connectivity index (χ3n) is 4.29. The van der Waals surface area contributed by atoms with E-state index in [-0.39, 0.29) is 17.2 Å². The molecular formula is C21H16ClF3N2O4. The second-order valence-electron chi connectivity index (χ2n) is 6.36. The lowest BCUT2D eigenvalue weighted by Gasteiger charge is -2.14. The number of hydrogen-bond acceptors (Lipinski definition) is 5. The lowest BCUT2D eigenvalue weighted by molar-refractivity contribution is -0.385. The van der Waals surface area contributed by atoms with Crippen molar-refractivity contribution >= 4 is 23.0 Å². The van der Waals surface area contributed by atoms with Crippen LogP contribution in [0.1, 0.15) is 11.1 Å². The molecule has 0 fully saturated rings. The van der Waals surface area contributed by atoms with Crippen molar-refractivity contribution in [2.75, 3.05) is 12.4 Å². The summed E-state index contributed by atoms with van der Waals surface area (Å²) >= 11 is 6.11. The minimum absolute atomic E-state index is 0.117. The van der Waals surface area contributed by atoms with E-state index in [1.807, 2.05) is 18.2 Å². The van der Waals surface area contributed by atoms with Crippen molar-refractivity contribution in [3.63, 3.8) is 0 Å². The van der Waals surface area contributed by atoms with Gasteiger partial charge < -0.3 is 14.8 Å². The molecule has 0 bridgehead atoms. The molecule has 0 unspecified atom stereocenters. The van der Waals surface area contributed by atoms with Crippen molar-refractivity contribution in [1.82, 2.24) is 0 Å². The lowest BCUT2D eigenvalue weighted by atomic mass is 10.1. The third-order valence-corrected chi connectivity index (χ3v) is 4.62. The second kappa shape index (κ2) is 9.13. The van der Waals surface area contributed by atoms with Crippen molar-refractivity contribution in [1.29, 1.82) is 0 Å². The van der Waals surface area contributed by atoms with Crippen LogP contribution < -0.4 is 14.8 Å². The maximum absolute atomic E-state index is 12.9. The Morgan fingerprint density at radius 1 is 1.03 bits per heavy atom. The van der Waals surface area contributed by atoms with Gasteiger partial charge in [0, 0.05) is 12.6 Å². The highest BCUT2D eigenvalue weighted by atomic mass is 35.5. The number of anilines is 1. The molecule has 6 nitrogen and oxygen atoms in total. The standard InChI is InChI=1S/C21H16ClF3N2O4/c1-30-20-10-13(12-26-16-5-3-2-4-15(16)22)6-8-19(20)31-18-9-7-14(21(23,24)25)11-17(18)27(28)29/h2-11,26H,12H2,1H3. The third kappa shape index (κ3) is 5.37. The van der Waals surface area contributed by atoms with Crippen LogP contribution in [0.4, 0.5) is 24.5 Å². The average Bonchev–Trinajstić information content (AvgIpc) is 2.73. The fourth-order valence-corrected chi connectivity index (χ4v) is 2.95. The van der Waals surface area contributed by atoms with Crippen LogP contribution in [-0.4, -0.2) is 12.0 Å². The Morgan fingerprint density at radius 3 is 2.39 bits per heavy atom. The molecule has 0 aromatic heterocycles. The first-order chi connectivity index (χ1) is 14.7. The van der Waals surface area contributed by atoms with E-state index in [4.69, 9.17) is 21.1 Å². The molecule has 0 aliphatic carbocycles. The highest BCUT2D eigenvalue weighted by Crippen LogP contribution is 2.40. The molecule has 3 rings (SSSR count). The average molecular weight is 453 g/mol. The zero-order valence-corrected chi connectivity index (χ0v) is 16.8. The minimum Gasteiger partial charge on any atom is -0.493 e. The highest BCUT2D eigenvalue weighted by Gasteiger charge is 2.33. The predicted molar refractivity (Wildman–Crippen MR) is 110 cm³/mol. The summed E-state index contributed by atoms with van der Waals surface area (Å²) in [6, 6.07) is 14.1. The monoisotopic (exact) mass is 452 g/mol. The summed E-state index contributed by atoms with van der Waals surface area (Å²) in [5, 5.41) is 15.0. The Bertz CT molecular complexity index is 1110. The van der Waals surface area contributed by atoms with E-state index in [1.165, 1.54) is 13.2 Å². The number of rotatable bonds is 7. The first kappa shape index (κ1) is 22.2. The molecule has 0 radical (unpaired) electrons. The SMILES string of the molecule is COc1cc(CNc2ccccc2Cl)ccc1Oc1ccc(C(F)(F)F)cc1[N+](=O)[O-]. The van der Waals surface area contributed by atoms with Gasteiger partial charge in [0.25, 0.3) is 0 Å². The molecule has 162 valence electrons. The van der Waals surface area contributed by atoms with E-state index in [0.29, 0.717) is 17.6 Å². The minimum atomic E-state index is -4.71. The fourth-order valence-electron chi connectivity index (χ4n) is 2.75. The van der Waals surface area contributed by atoms with Gasteiger partial charge in [-0.3, -0.25) is 10.1 Å². The molecule has 0 aliphatic heterocycles. The van der Waals surface area contributed by atoms with Crippen LogP contribution in [0.3, 0.4) is 0 Å². The Hall–Kier alpha value is -3.46. The first-order valence-electron chi connectivity index (χ1n) is 8.88. The number of nitrogens with one attached hydrogen (secondary N) is 1. The first-order valence-corrected chi connectivity index (χ1v) is 9.25. The number of nitrogens with zero attached hydrogens (tertiary/aromatic N) is 1. The Morgan fingerprint density at radius 2 is 1.74 bits per heavy atom. The summed E-state index contributed by atoms with van der Waals surface area (Å²) in [4.78, 5) is 10.3. The van der Waals surface area contributed by atoms with Crippen molar-refractivity contribution in [3.05, 3.63) is 86.9 Å². The summed E-state index contributed by atoms with van der Waals surface area (Å²) in [7, 11) is 1.38. The van der Waals surface area contributed by atoms with Gasteiger partial charge in [-0.05, 0) is 42.0 Å². The zero-order valence-electron chi connectivity index (χ0n) is 16.1. The van der Waals surface area contributed by atoms with Crippen LogP contribution in [0.15, 0.2) is 60.7 Å². The molecule has 0 amide bonds. The molecule has 10 heteroatoms. The van der Waals surface area contributed by atoms with Crippen LogP contribution in [0, 0.1) is 10.1 Å². The molecule has 0 spiro atoms. The van der Waals surface area contributed by atoms with E-state index >= 15 is 0 Å². The lowest BCUT2D eigenvalue weighted by Crippen LogP contribution is -2.06. The molecule has 1 N–H and O–H groups in total. The zero-order chi connectivity index (χ0) is 22.6. The van der Waals surface area contributed by atoms with E-state index in [2.05, 4.69) is 5.32 Å². The maximum atomic E-state index is 12.9. The quantitative estimate of drug-likeness (QED) is 0.319. The summed E-state index contributed by atoms with van der Waals surface area (Å²) < 4.78 is 49.4. The molecule has 0 saturated heterocycles. The van der Waals surface area contributed by atoms with Crippen LogP contribution in [0.5, 0.6) is 17.2 Å². The van der Waals surface area contributed by atoms with Crippen LogP contribution >= 0.6 is 11.6 Å². The van der Waals surface area contributed by atoms with E-state index in [9.17, 15) is 23.3 Å². The molecule has 31 heavy (non-hydrogen) atoms. The van der Waals surface area contributed by atoms with E-state index in [0.717, 1.165) is 23.4 Å². The smallest absolute Gasteiger partial charge is 0.416 e. The van der Waals surface area contributed by atoms with Crippen molar-refractivity contribution in [2.24, 2.45) is 0 Å². The molecular weight excluding hydrogens is 437 g/mol. The summed E-state index contributed by atoms with van der Waals surface area (Å²) in [6.07, 6.45) is -4.71. The number of nitro groups is 1. The predicted octanol–water partition coefficient (Wildman–Crippen LogP) is 6.68. The van der Waals surface area contributed by atoms with Gasteiger partial charge in [-0.1, -0.05) is 29.8 Å². The van der Waals surface area contributed by atoms with Gasteiger partial charge in [-0.2, -0.15) is 13.2 Å². The van der Waals surface area contributed by atoms with Crippen molar-refractivity contribution in [2.45, 2.75) is 12.7 Å². The van der Waals surface area contributed by atoms with Gasteiger partial charge in [0.15, 0.2) is 11.5 Å². The van der Waals surface area contributed by atoms with Gasteiger partial charge in [0.2, 0.25) is 5.75 Å². The van der Waals surface area contributed by atoms with Gasteiger partial charge in [0.05, 0.1) is 28.3 Å². The number of hydrogen-bond donors (Lipinski definition) is 1. The number of ether oxygens (including phenoxy) is 2. The molecule has 0 atom stereocenters. The highest BCUT2D eigenvalue weighted by molar-refractivity contribution is 6.33. The number of alkyl halides is 3. The molecule has 3 aromatic rings. The molecule has 3 aromatic carbocycles. The van der Waals surface area contributed by atoms with Crippen LogP contribution in [-0.2, 0) is 12.7 Å². The van der Waals surface area contributed by atoms with Crippen LogP contribution in [0.2, 0.25) is 5.02 Å². The van der Waals surface area contributed by atoms with E-state index in [1.54, 1.807) is 18.2 Å². The second-order valence-corrected chi connectivity index (χ2v) is 6.77. The Kier molecular flexibility index (Phi) is 6.55. The molecule has 0 saturated carbocycles. The van der Waals surface area contributed by atoms with Gasteiger partial charge in [-0.15, -0.1) is 0 Å². The number of nitro benzene ring substituents is 1. The molecule has 0 heterocycles. The number of benzene rings is 3. The number of halogens is 4. The molecule has 0 aliphatic rings. The summed E-state index contributed by atoms with van der Waals surface area (Å²) in [5.41, 5.74) is -0.407.